The minimum Gasteiger partial charge on any atom is -0.298 e. The Labute approximate surface area is 100 Å². The Morgan fingerprint density at radius 1 is 1.44 bits per heavy atom. The molecule has 0 aliphatic carbocycles. The summed E-state index contributed by atoms with van der Waals surface area (Å²) in [5, 5.41) is 9.04. The molecule has 0 saturated carbocycles. The van der Waals surface area contributed by atoms with Crippen molar-refractivity contribution in [3.05, 3.63) is 34.9 Å². The molecule has 0 bridgehead atoms. The van der Waals surface area contributed by atoms with Crippen LogP contribution in [-0.4, -0.2) is 30.8 Å². The van der Waals surface area contributed by atoms with Crippen LogP contribution in [0.2, 0.25) is 5.02 Å². The molecule has 0 aromatic heterocycles. The molecule has 0 aliphatic rings. The van der Waals surface area contributed by atoms with Gasteiger partial charge in [-0.2, -0.15) is 5.26 Å². The highest BCUT2D eigenvalue weighted by atomic mass is 35.5. The molecule has 0 heterocycles. The molecule has 4 heteroatoms. The van der Waals surface area contributed by atoms with Crippen LogP contribution in [-0.2, 0) is 0 Å². The van der Waals surface area contributed by atoms with E-state index in [1.54, 1.807) is 24.3 Å². The Hall–Kier alpha value is -1.37. The van der Waals surface area contributed by atoms with Crippen molar-refractivity contribution < 1.29 is 4.79 Å². The summed E-state index contributed by atoms with van der Waals surface area (Å²) in [6.07, 6.45) is 0.435. The number of hydrogen-bond acceptors (Lipinski definition) is 3. The number of likely N-dealkylation sites (N-methyl/N-ethyl adjacent to an activating group) is 1. The molecule has 0 spiro atoms. The summed E-state index contributed by atoms with van der Waals surface area (Å²) in [5.41, 5.74) is 0.646. The molecule has 0 amide bonds. The Kier molecular flexibility index (Phi) is 4.97. The molecule has 0 fully saturated rings. The summed E-state index contributed by atoms with van der Waals surface area (Å²) in [6, 6.07) is 8.87. The van der Waals surface area contributed by atoms with Crippen molar-refractivity contribution in [1.82, 2.24) is 4.90 Å². The van der Waals surface area contributed by atoms with Gasteiger partial charge in [-0.05, 0) is 31.3 Å². The van der Waals surface area contributed by atoms with E-state index in [9.17, 15) is 4.79 Å². The van der Waals surface area contributed by atoms with E-state index in [-0.39, 0.29) is 5.78 Å². The van der Waals surface area contributed by atoms with Gasteiger partial charge in [-0.3, -0.25) is 9.69 Å². The van der Waals surface area contributed by atoms with Crippen LogP contribution in [0.25, 0.3) is 0 Å². The Morgan fingerprint density at radius 3 is 2.62 bits per heavy atom. The number of hydrogen-bond donors (Lipinski definition) is 0. The molecule has 16 heavy (non-hydrogen) atoms. The first-order valence-electron chi connectivity index (χ1n) is 4.97. The highest BCUT2D eigenvalue weighted by Gasteiger charge is 2.08. The summed E-state index contributed by atoms with van der Waals surface area (Å²) >= 11 is 5.73. The largest absolute Gasteiger partial charge is 0.298 e. The van der Waals surface area contributed by atoms with Crippen molar-refractivity contribution in [2.75, 3.05) is 20.1 Å². The zero-order valence-corrected chi connectivity index (χ0v) is 9.87. The van der Waals surface area contributed by atoms with Crippen LogP contribution in [0.5, 0.6) is 0 Å². The maximum atomic E-state index is 11.8. The van der Waals surface area contributed by atoms with Crippen LogP contribution in [0.3, 0.4) is 0 Å². The average molecular weight is 237 g/mol. The topological polar surface area (TPSA) is 44.1 Å². The predicted octanol–water partition coefficient (Wildman–Crippen LogP) is 2.37. The third-order valence-electron chi connectivity index (χ3n) is 2.19. The van der Waals surface area contributed by atoms with Gasteiger partial charge >= 0.3 is 0 Å². The van der Waals surface area contributed by atoms with Gasteiger partial charge in [0.25, 0.3) is 0 Å². The fraction of sp³-hybridized carbons (Fsp3) is 0.333. The molecule has 3 nitrogen and oxygen atoms in total. The zero-order valence-electron chi connectivity index (χ0n) is 9.11. The fourth-order valence-corrected chi connectivity index (χ4v) is 1.42. The molecule has 84 valence electrons. The lowest BCUT2D eigenvalue weighted by Gasteiger charge is -2.13. The van der Waals surface area contributed by atoms with Crippen molar-refractivity contribution in [3.63, 3.8) is 0 Å². The molecule has 0 unspecified atom stereocenters. The lowest BCUT2D eigenvalue weighted by Crippen LogP contribution is -2.26. The van der Waals surface area contributed by atoms with E-state index in [1.807, 2.05) is 18.0 Å². The number of carbonyl (C=O) groups is 1. The number of nitrogens with zero attached hydrogens (tertiary/aromatic N) is 2. The van der Waals surface area contributed by atoms with Gasteiger partial charge in [0.2, 0.25) is 0 Å². The first kappa shape index (κ1) is 12.7. The Balaban J connectivity index is 2.52. The van der Waals surface area contributed by atoms with Crippen LogP contribution >= 0.6 is 11.6 Å². The monoisotopic (exact) mass is 236 g/mol. The van der Waals surface area contributed by atoms with E-state index in [4.69, 9.17) is 16.9 Å². The number of halogens is 1. The van der Waals surface area contributed by atoms with E-state index in [1.165, 1.54) is 0 Å². The van der Waals surface area contributed by atoms with Gasteiger partial charge in [0.1, 0.15) is 0 Å². The molecule has 0 saturated heterocycles. The first-order chi connectivity index (χ1) is 7.63. The lowest BCUT2D eigenvalue weighted by atomic mass is 10.1. The van der Waals surface area contributed by atoms with E-state index in [2.05, 4.69) is 0 Å². The predicted molar refractivity (Wildman–Crippen MR) is 63.5 cm³/mol. The Morgan fingerprint density at radius 2 is 2.06 bits per heavy atom. The fourth-order valence-electron chi connectivity index (χ4n) is 1.29. The zero-order chi connectivity index (χ0) is 12.0. The van der Waals surface area contributed by atoms with E-state index in [0.29, 0.717) is 30.1 Å². The molecular weight excluding hydrogens is 224 g/mol. The summed E-state index contributed by atoms with van der Waals surface area (Å²) in [5.74, 6) is 0.0390. The van der Waals surface area contributed by atoms with Crippen molar-refractivity contribution >= 4 is 17.4 Å². The van der Waals surface area contributed by atoms with Gasteiger partial charge in [0.15, 0.2) is 5.78 Å². The smallest absolute Gasteiger partial charge is 0.176 e. The standard InChI is InChI=1S/C12H13ClN2O/c1-15(8-2-7-14)9-12(16)10-3-5-11(13)6-4-10/h3-6H,2,8-9H2,1H3. The number of Topliss-reactive ketones (excluding diaryl/α,β-unsaturated/α-hetero) is 1. The normalized spacial score (nSPS) is 10.1. The molecule has 0 N–H and O–H groups in total. The summed E-state index contributed by atoms with van der Waals surface area (Å²) in [6.45, 7) is 0.930. The SMILES string of the molecule is CN(CCC#N)CC(=O)c1ccc(Cl)cc1. The molecule has 0 atom stereocenters. The minimum absolute atomic E-state index is 0.0390. The third kappa shape index (κ3) is 4.01. The van der Waals surface area contributed by atoms with Gasteiger partial charge in [-0.15, -0.1) is 0 Å². The summed E-state index contributed by atoms with van der Waals surface area (Å²) < 4.78 is 0. The maximum Gasteiger partial charge on any atom is 0.176 e. The molecule has 0 radical (unpaired) electrons. The van der Waals surface area contributed by atoms with Crippen molar-refractivity contribution in [2.24, 2.45) is 0 Å². The van der Waals surface area contributed by atoms with Crippen molar-refractivity contribution in [3.8, 4) is 6.07 Å². The van der Waals surface area contributed by atoms with Crippen LogP contribution in [0, 0.1) is 11.3 Å². The average Bonchev–Trinajstić information content (AvgIpc) is 2.27. The molecule has 1 aromatic carbocycles. The molecule has 1 aromatic rings. The first-order valence-corrected chi connectivity index (χ1v) is 5.35. The second-order valence-electron chi connectivity index (χ2n) is 3.58. The quantitative estimate of drug-likeness (QED) is 0.738. The third-order valence-corrected chi connectivity index (χ3v) is 2.44. The number of benzene rings is 1. The number of carbonyl (C=O) groups excluding carboxylic acids is 1. The molecule has 0 aliphatic heterocycles. The van der Waals surface area contributed by atoms with Gasteiger partial charge < -0.3 is 0 Å². The van der Waals surface area contributed by atoms with Crippen LogP contribution < -0.4 is 0 Å². The lowest BCUT2D eigenvalue weighted by molar-refractivity contribution is 0.0947. The van der Waals surface area contributed by atoms with E-state index in [0.717, 1.165) is 0 Å². The number of rotatable bonds is 5. The maximum absolute atomic E-state index is 11.8. The highest BCUT2D eigenvalue weighted by Crippen LogP contribution is 2.10. The molecule has 1 rings (SSSR count). The van der Waals surface area contributed by atoms with Gasteiger partial charge in [-0.25, -0.2) is 0 Å². The van der Waals surface area contributed by atoms with Gasteiger partial charge in [0, 0.05) is 23.6 Å². The molecular formula is C12H13ClN2O. The number of nitriles is 1. The second kappa shape index (κ2) is 6.26. The minimum atomic E-state index is 0.0390. The van der Waals surface area contributed by atoms with Gasteiger partial charge in [0.05, 0.1) is 12.6 Å². The van der Waals surface area contributed by atoms with Gasteiger partial charge in [-0.1, -0.05) is 11.6 Å². The second-order valence-corrected chi connectivity index (χ2v) is 4.01. The summed E-state index contributed by atoms with van der Waals surface area (Å²) in [7, 11) is 1.82. The van der Waals surface area contributed by atoms with Crippen LogP contribution in [0.1, 0.15) is 16.8 Å². The van der Waals surface area contributed by atoms with Crippen LogP contribution in [0.4, 0.5) is 0 Å². The Bertz CT molecular complexity index is 394. The van der Waals surface area contributed by atoms with Crippen molar-refractivity contribution in [2.45, 2.75) is 6.42 Å². The highest BCUT2D eigenvalue weighted by molar-refractivity contribution is 6.30. The van der Waals surface area contributed by atoms with Crippen molar-refractivity contribution in [1.29, 1.82) is 5.26 Å². The van der Waals surface area contributed by atoms with E-state index < -0.39 is 0 Å². The van der Waals surface area contributed by atoms with Crippen LogP contribution in [0.15, 0.2) is 24.3 Å². The summed E-state index contributed by atoms with van der Waals surface area (Å²) in [4.78, 5) is 13.6. The number of ketones is 1. The van der Waals surface area contributed by atoms with E-state index >= 15 is 0 Å².